The Bertz CT molecular complexity index is 500. The van der Waals surface area contributed by atoms with Gasteiger partial charge in [-0.15, -0.1) is 0 Å². The third kappa shape index (κ3) is 4.68. The molecule has 2 heterocycles. The molecule has 1 aromatic rings. The summed E-state index contributed by atoms with van der Waals surface area (Å²) in [6, 6.07) is 3.33. The van der Waals surface area contributed by atoms with E-state index in [1.807, 2.05) is 4.90 Å². The van der Waals surface area contributed by atoms with Crippen LogP contribution in [0, 0.1) is 0 Å². The van der Waals surface area contributed by atoms with E-state index in [0.29, 0.717) is 38.3 Å². The maximum Gasteiger partial charge on any atom is 0.401 e. The summed E-state index contributed by atoms with van der Waals surface area (Å²) in [5, 5.41) is 9.05. The van der Waals surface area contributed by atoms with Gasteiger partial charge in [-0.05, 0) is 11.6 Å². The van der Waals surface area contributed by atoms with E-state index in [2.05, 4.69) is 4.98 Å². The Labute approximate surface area is 120 Å². The fourth-order valence-corrected chi connectivity index (χ4v) is 2.36. The average molecular weight is 303 g/mol. The van der Waals surface area contributed by atoms with Gasteiger partial charge in [0, 0.05) is 38.9 Å². The molecule has 0 bridgehead atoms. The summed E-state index contributed by atoms with van der Waals surface area (Å²) in [6.45, 7) is 1.09. The summed E-state index contributed by atoms with van der Waals surface area (Å²) in [5.41, 5.74) is 0.574. The molecule has 1 N–H and O–H groups in total. The molecule has 1 saturated heterocycles. The van der Waals surface area contributed by atoms with Gasteiger partial charge >= 0.3 is 12.1 Å². The highest BCUT2D eigenvalue weighted by atomic mass is 19.4. The van der Waals surface area contributed by atoms with Crippen LogP contribution in [0.25, 0.3) is 0 Å². The van der Waals surface area contributed by atoms with Gasteiger partial charge < -0.3 is 5.11 Å². The van der Waals surface area contributed by atoms with Crippen molar-refractivity contribution in [2.75, 3.05) is 32.7 Å². The first kappa shape index (κ1) is 15.7. The van der Waals surface area contributed by atoms with Crippen LogP contribution in [0.2, 0.25) is 0 Å². The molecule has 1 fully saturated rings. The molecule has 0 saturated carbocycles. The highest BCUT2D eigenvalue weighted by Crippen LogP contribution is 2.18. The van der Waals surface area contributed by atoms with Crippen LogP contribution in [0.15, 0.2) is 18.3 Å². The van der Waals surface area contributed by atoms with E-state index < -0.39 is 18.7 Å². The lowest BCUT2D eigenvalue weighted by molar-refractivity contribution is -0.149. The van der Waals surface area contributed by atoms with Crippen molar-refractivity contribution in [2.45, 2.75) is 12.7 Å². The minimum Gasteiger partial charge on any atom is -0.477 e. The number of halogens is 3. The van der Waals surface area contributed by atoms with Crippen LogP contribution in [-0.4, -0.2) is 64.8 Å². The van der Waals surface area contributed by atoms with Crippen molar-refractivity contribution in [2.24, 2.45) is 0 Å². The fourth-order valence-electron chi connectivity index (χ4n) is 2.36. The highest BCUT2D eigenvalue weighted by Gasteiger charge is 2.32. The molecular weight excluding hydrogens is 287 g/mol. The summed E-state index contributed by atoms with van der Waals surface area (Å²) < 4.78 is 36.9. The lowest BCUT2D eigenvalue weighted by Crippen LogP contribution is -2.48. The number of alkyl halides is 3. The van der Waals surface area contributed by atoms with Crippen molar-refractivity contribution in [3.8, 4) is 0 Å². The number of rotatable bonds is 4. The quantitative estimate of drug-likeness (QED) is 0.912. The highest BCUT2D eigenvalue weighted by molar-refractivity contribution is 5.86. The molecule has 21 heavy (non-hydrogen) atoms. The molecule has 1 aliphatic rings. The van der Waals surface area contributed by atoms with Gasteiger partial charge in [-0.3, -0.25) is 9.80 Å². The van der Waals surface area contributed by atoms with Crippen LogP contribution in [-0.2, 0) is 6.54 Å². The lowest BCUT2D eigenvalue weighted by Gasteiger charge is -2.35. The Kier molecular flexibility index (Phi) is 4.79. The van der Waals surface area contributed by atoms with Crippen LogP contribution in [0.1, 0.15) is 16.1 Å². The van der Waals surface area contributed by atoms with E-state index in [1.165, 1.54) is 11.1 Å². The van der Waals surface area contributed by atoms with E-state index in [0.717, 1.165) is 0 Å². The van der Waals surface area contributed by atoms with Crippen LogP contribution in [0.5, 0.6) is 0 Å². The first-order chi connectivity index (χ1) is 9.85. The molecule has 8 heteroatoms. The van der Waals surface area contributed by atoms with E-state index in [-0.39, 0.29) is 5.69 Å². The third-order valence-corrected chi connectivity index (χ3v) is 3.36. The molecule has 0 radical (unpaired) electrons. The number of carboxylic acid groups (broad SMARTS) is 1. The Balaban J connectivity index is 1.91. The maximum absolute atomic E-state index is 12.3. The number of carbonyl (C=O) groups is 1. The number of nitrogens with zero attached hydrogens (tertiary/aromatic N) is 3. The zero-order chi connectivity index (χ0) is 15.5. The van der Waals surface area contributed by atoms with Crippen LogP contribution in [0.4, 0.5) is 13.2 Å². The molecular formula is C13H16F3N3O2. The van der Waals surface area contributed by atoms with Gasteiger partial charge in [0.05, 0.1) is 6.54 Å². The fraction of sp³-hybridized carbons (Fsp3) is 0.538. The minimum absolute atomic E-state index is 0.00442. The number of aromatic carboxylic acids is 1. The monoisotopic (exact) mass is 303 g/mol. The number of pyridine rings is 1. The topological polar surface area (TPSA) is 56.7 Å². The molecule has 0 aromatic carbocycles. The third-order valence-electron chi connectivity index (χ3n) is 3.36. The summed E-state index contributed by atoms with van der Waals surface area (Å²) >= 11 is 0. The van der Waals surface area contributed by atoms with Crippen molar-refractivity contribution in [3.05, 3.63) is 29.6 Å². The number of carboxylic acids is 1. The molecule has 0 spiro atoms. The summed E-state index contributed by atoms with van der Waals surface area (Å²) in [7, 11) is 0. The number of hydrogen-bond acceptors (Lipinski definition) is 4. The molecule has 1 aliphatic heterocycles. The molecule has 0 unspecified atom stereocenters. The summed E-state index contributed by atoms with van der Waals surface area (Å²) in [6.07, 6.45) is -2.77. The Morgan fingerprint density at radius 1 is 1.24 bits per heavy atom. The lowest BCUT2D eigenvalue weighted by atomic mass is 10.1. The van der Waals surface area contributed by atoms with Crippen LogP contribution < -0.4 is 0 Å². The van der Waals surface area contributed by atoms with Gasteiger partial charge in [-0.1, -0.05) is 6.07 Å². The van der Waals surface area contributed by atoms with E-state index >= 15 is 0 Å². The minimum atomic E-state index is -4.18. The van der Waals surface area contributed by atoms with Crippen molar-refractivity contribution >= 4 is 5.97 Å². The number of piperazine rings is 1. The van der Waals surface area contributed by atoms with E-state index in [1.54, 1.807) is 12.1 Å². The van der Waals surface area contributed by atoms with E-state index in [4.69, 9.17) is 5.11 Å². The first-order valence-corrected chi connectivity index (χ1v) is 6.54. The van der Waals surface area contributed by atoms with Gasteiger partial charge in [-0.25, -0.2) is 9.78 Å². The maximum atomic E-state index is 12.3. The van der Waals surface area contributed by atoms with Crippen LogP contribution in [0.3, 0.4) is 0 Å². The SMILES string of the molecule is O=C(O)c1ncccc1CN1CCN(CC(F)(F)F)CC1. The van der Waals surface area contributed by atoms with Crippen molar-refractivity contribution in [3.63, 3.8) is 0 Å². The normalized spacial score (nSPS) is 17.9. The standard InChI is InChI=1S/C13H16F3N3O2/c14-13(15,16)9-19-6-4-18(5-7-19)8-10-2-1-3-17-11(10)12(20)21/h1-3H,4-9H2,(H,20,21). The zero-order valence-corrected chi connectivity index (χ0v) is 11.3. The van der Waals surface area contributed by atoms with Crippen molar-refractivity contribution in [1.29, 1.82) is 0 Å². The Hall–Kier alpha value is -1.67. The number of hydrogen-bond donors (Lipinski definition) is 1. The van der Waals surface area contributed by atoms with Gasteiger partial charge in [0.2, 0.25) is 0 Å². The van der Waals surface area contributed by atoms with Gasteiger partial charge in [0.15, 0.2) is 5.69 Å². The molecule has 0 amide bonds. The largest absolute Gasteiger partial charge is 0.477 e. The van der Waals surface area contributed by atoms with Gasteiger partial charge in [0.25, 0.3) is 0 Å². The first-order valence-electron chi connectivity index (χ1n) is 6.54. The van der Waals surface area contributed by atoms with Gasteiger partial charge in [0.1, 0.15) is 0 Å². The molecule has 116 valence electrons. The summed E-state index contributed by atoms with van der Waals surface area (Å²) in [4.78, 5) is 18.2. The Morgan fingerprint density at radius 2 is 1.86 bits per heavy atom. The second-order valence-corrected chi connectivity index (χ2v) is 4.98. The van der Waals surface area contributed by atoms with Gasteiger partial charge in [-0.2, -0.15) is 13.2 Å². The molecule has 1 aromatic heterocycles. The van der Waals surface area contributed by atoms with Crippen LogP contribution >= 0.6 is 0 Å². The smallest absolute Gasteiger partial charge is 0.401 e. The Morgan fingerprint density at radius 3 is 2.43 bits per heavy atom. The molecule has 0 aliphatic carbocycles. The zero-order valence-electron chi connectivity index (χ0n) is 11.3. The van der Waals surface area contributed by atoms with E-state index in [9.17, 15) is 18.0 Å². The molecule has 5 nitrogen and oxygen atoms in total. The average Bonchev–Trinajstić information content (AvgIpc) is 2.40. The van der Waals surface area contributed by atoms with Crippen molar-refractivity contribution in [1.82, 2.24) is 14.8 Å². The molecule has 0 atom stereocenters. The second kappa shape index (κ2) is 6.40. The molecule has 2 rings (SSSR count). The number of aromatic nitrogens is 1. The summed E-state index contributed by atoms with van der Waals surface area (Å²) in [5.74, 6) is -1.10. The van der Waals surface area contributed by atoms with Crippen molar-refractivity contribution < 1.29 is 23.1 Å². The second-order valence-electron chi connectivity index (χ2n) is 4.98. The predicted octanol–water partition coefficient (Wildman–Crippen LogP) is 1.46. The predicted molar refractivity (Wildman–Crippen MR) is 69.0 cm³/mol.